The van der Waals surface area contributed by atoms with Gasteiger partial charge >= 0.3 is 58.1 Å². The van der Waals surface area contributed by atoms with E-state index in [9.17, 15) is 34.5 Å². The molecule has 0 unspecified atom stereocenters. The first-order valence-corrected chi connectivity index (χ1v) is 30.2. The number of phenolic OH excluding ortho intramolecular Hbond substituents is 3. The Bertz CT molecular complexity index is 4160. The van der Waals surface area contributed by atoms with Crippen molar-refractivity contribution >= 4 is 34.8 Å². The Morgan fingerprint density at radius 3 is 0.663 bits per heavy atom. The summed E-state index contributed by atoms with van der Waals surface area (Å²) in [6.07, 6.45) is 10.3. The number of rotatable bonds is 13. The van der Waals surface area contributed by atoms with Gasteiger partial charge in [-0.25, -0.2) is 14.4 Å². The monoisotopic (exact) mass is 1710 g/mol. The molecule has 6 heterocycles. The number of carbonyl (C=O) groups is 4. The molecule has 6 aromatic carbocycles. The molecule has 6 aromatic heterocycles. The van der Waals surface area contributed by atoms with Crippen LogP contribution in [0.5, 0.6) is 34.5 Å². The summed E-state index contributed by atoms with van der Waals surface area (Å²) in [5.41, 5.74) is 11.0. The molecule has 0 saturated heterocycles. The fourth-order valence-corrected chi connectivity index (χ4v) is 7.49. The molecule has 0 atom stereocenters. The van der Waals surface area contributed by atoms with Gasteiger partial charge < -0.3 is 59.4 Å². The van der Waals surface area contributed by atoms with Crippen LogP contribution < -0.4 is 14.2 Å². The predicted molar refractivity (Wildman–Crippen MR) is 383 cm³/mol. The van der Waals surface area contributed by atoms with Gasteiger partial charge in [0.2, 0.25) is 5.24 Å². The van der Waals surface area contributed by atoms with Crippen LogP contribution in [0.25, 0.3) is 67.5 Å². The number of halogens is 1. The van der Waals surface area contributed by atoms with Crippen LogP contribution >= 0.6 is 11.6 Å². The maximum absolute atomic E-state index is 11.4. The van der Waals surface area contributed by atoms with Gasteiger partial charge in [-0.15, -0.1) is 179 Å². The summed E-state index contributed by atoms with van der Waals surface area (Å²) in [5.74, 6) is 0.778. The largest absolute Gasteiger partial charge is 3.00 e. The summed E-state index contributed by atoms with van der Waals surface area (Å²) in [7, 11) is 0. The van der Waals surface area contributed by atoms with E-state index in [1.54, 1.807) is 174 Å². The van der Waals surface area contributed by atoms with E-state index in [1.165, 1.54) is 0 Å². The number of benzene rings is 6. The molecule has 508 valence electrons. The van der Waals surface area contributed by atoms with Crippen LogP contribution in [-0.2, 0) is 59.4 Å². The van der Waals surface area contributed by atoms with Crippen LogP contribution in [0.4, 0.5) is 0 Å². The zero-order valence-electron chi connectivity index (χ0n) is 55.0. The molecule has 101 heavy (non-hydrogen) atoms. The van der Waals surface area contributed by atoms with Gasteiger partial charge in [0.1, 0.15) is 0 Å². The van der Waals surface area contributed by atoms with E-state index in [-0.39, 0.29) is 57.5 Å². The van der Waals surface area contributed by atoms with E-state index in [1.807, 2.05) is 109 Å². The fraction of sp³-hybridized carbons (Fsp3) is 0.0488. The smallest absolute Gasteiger partial charge is 0.527 e. The molecule has 0 aliphatic carbocycles. The van der Waals surface area contributed by atoms with Crippen LogP contribution in [0.15, 0.2) is 304 Å². The third-order valence-corrected chi connectivity index (χ3v) is 12.7. The van der Waals surface area contributed by atoms with E-state index in [0.29, 0.717) is 39.5 Å². The SMILES string of the molecule is C=C(C)C(=O)Cl.C=C(C)C(=O)Oc1cc[c-]c(-c2ccccn2)c1.C=C(C)C(=O)Oc1cc[c-]c(-c2ccccn2)c1.C=C(C)C(=O)Oc1cc[c-]c(-c2ccccn2)c1.Oc1cc[c-]c(-c2ccccn2)c1.Oc1cc[c-]c(-c2ccccn2)c1.Oc1cc[c-]c(-c2ccccn2)c1.[Ir+3].[Ir+3]. The summed E-state index contributed by atoms with van der Waals surface area (Å²) >= 11 is 4.87. The van der Waals surface area contributed by atoms with Crippen LogP contribution in [-0.4, -0.2) is 68.4 Å². The van der Waals surface area contributed by atoms with Crippen molar-refractivity contribution in [3.05, 3.63) is 341 Å². The fourth-order valence-electron chi connectivity index (χ4n) is 7.49. The molecule has 12 rings (SSSR count). The standard InChI is InChI=1S/3C15H12NO2.3C11H8NO.C4H5ClO.2Ir/c3*1-11(2)15(17)18-13-7-5-6-12(10-13)14-8-3-4-9-16-14;3*13-10-5-3-4-9(8-10)11-6-1-2-7-12-11;1-3(2)4(5)6;;/h3*3-5,7-10H,1H2,2H3;3*1-3,5-8,13H;1H2,2H3;;/q6*-1;;2*+3. The van der Waals surface area contributed by atoms with Gasteiger partial charge in [0.25, 0.3) is 0 Å². The predicted octanol–water partition coefficient (Wildman–Crippen LogP) is 17.2. The van der Waals surface area contributed by atoms with Crippen LogP contribution in [0.1, 0.15) is 27.7 Å². The number of allylic oxidation sites excluding steroid dienone is 1. The number of aromatic nitrogens is 6. The van der Waals surface area contributed by atoms with E-state index < -0.39 is 23.2 Å². The first kappa shape index (κ1) is 81.7. The van der Waals surface area contributed by atoms with E-state index in [0.717, 1.165) is 67.5 Å². The number of pyridine rings is 6. The van der Waals surface area contributed by atoms with E-state index >= 15 is 0 Å². The molecule has 0 fully saturated rings. The van der Waals surface area contributed by atoms with Gasteiger partial charge in [0, 0.05) is 76.7 Å². The number of esters is 3. The molecule has 12 aromatic rings. The molecular formula is C82H65ClIr2N6O10. The number of phenols is 3. The molecule has 0 amide bonds. The van der Waals surface area contributed by atoms with Gasteiger partial charge in [0.15, 0.2) is 0 Å². The maximum Gasteiger partial charge on any atom is 3.00 e. The quantitative estimate of drug-likeness (QED) is 0.0320. The molecular weight excluding hydrogens is 1650 g/mol. The molecule has 19 heteroatoms. The van der Waals surface area contributed by atoms with E-state index in [2.05, 4.69) is 92.6 Å². The van der Waals surface area contributed by atoms with Crippen molar-refractivity contribution in [2.45, 2.75) is 27.7 Å². The number of carbonyl (C=O) groups excluding carboxylic acids is 4. The second-order valence-corrected chi connectivity index (χ2v) is 20.9. The van der Waals surface area contributed by atoms with Crippen molar-refractivity contribution in [1.82, 2.24) is 29.9 Å². The first-order chi connectivity index (χ1) is 47.7. The zero-order chi connectivity index (χ0) is 71.3. The van der Waals surface area contributed by atoms with Gasteiger partial charge in [-0.3, -0.25) is 4.79 Å². The van der Waals surface area contributed by atoms with Crippen molar-refractivity contribution < 1.29 is 88.9 Å². The number of nitrogens with zero attached hydrogens (tertiary/aromatic N) is 6. The van der Waals surface area contributed by atoms with Crippen LogP contribution in [0, 0.1) is 36.4 Å². The van der Waals surface area contributed by atoms with Crippen molar-refractivity contribution in [3.63, 3.8) is 0 Å². The minimum Gasteiger partial charge on any atom is -0.527 e. The normalized spacial score (nSPS) is 9.51. The van der Waals surface area contributed by atoms with Gasteiger partial charge in [-0.2, -0.15) is 0 Å². The number of aromatic hydroxyl groups is 3. The molecule has 0 saturated carbocycles. The summed E-state index contributed by atoms with van der Waals surface area (Å²) < 4.78 is 15.5. The number of ether oxygens (including phenoxy) is 3. The average Bonchev–Trinajstić information content (AvgIpc) is 0.894. The minimum absolute atomic E-state index is 0. The maximum atomic E-state index is 11.4. The van der Waals surface area contributed by atoms with Gasteiger partial charge in [-0.1, -0.05) is 99.1 Å². The van der Waals surface area contributed by atoms with Gasteiger partial charge in [0.05, 0.1) is 17.2 Å². The Hall–Kier alpha value is -11.8. The third kappa shape index (κ3) is 29.9. The minimum atomic E-state index is -0.463. The third-order valence-electron chi connectivity index (χ3n) is 12.3. The molecule has 3 N–H and O–H groups in total. The number of hydrogen-bond donors (Lipinski definition) is 3. The molecule has 0 radical (unpaired) electrons. The summed E-state index contributed by atoms with van der Waals surface area (Å²) in [5, 5.41) is 27.2. The van der Waals surface area contributed by atoms with Crippen molar-refractivity contribution in [1.29, 1.82) is 0 Å². The average molecular weight is 1710 g/mol. The Morgan fingerprint density at radius 2 is 0.505 bits per heavy atom. The zero-order valence-corrected chi connectivity index (χ0v) is 60.6. The van der Waals surface area contributed by atoms with Crippen molar-refractivity contribution in [3.8, 4) is 102 Å². The molecule has 16 nitrogen and oxygen atoms in total. The van der Waals surface area contributed by atoms with E-state index in [4.69, 9.17) is 25.8 Å². The Morgan fingerprint density at radius 1 is 0.317 bits per heavy atom. The number of hydrogen-bond acceptors (Lipinski definition) is 16. The summed E-state index contributed by atoms with van der Waals surface area (Å²) in [4.78, 5) is 69.1. The molecule has 0 aliphatic heterocycles. The second kappa shape index (κ2) is 44.2. The van der Waals surface area contributed by atoms with Crippen molar-refractivity contribution in [2.75, 3.05) is 0 Å². The molecule has 0 bridgehead atoms. The van der Waals surface area contributed by atoms with Gasteiger partial charge in [-0.05, 0) is 110 Å². The molecule has 0 aliphatic rings. The topological polar surface area (TPSA) is 234 Å². The van der Waals surface area contributed by atoms with Crippen LogP contribution in [0.2, 0.25) is 0 Å². The Balaban J connectivity index is 0.000000253. The first-order valence-electron chi connectivity index (χ1n) is 29.9. The Labute approximate surface area is 619 Å². The second-order valence-electron chi connectivity index (χ2n) is 20.5. The summed E-state index contributed by atoms with van der Waals surface area (Å²) in [6.45, 7) is 20.3. The summed E-state index contributed by atoms with van der Waals surface area (Å²) in [6, 6.07) is 81.9. The molecule has 0 spiro atoms. The van der Waals surface area contributed by atoms with Crippen LogP contribution in [0.3, 0.4) is 0 Å². The van der Waals surface area contributed by atoms with Crippen molar-refractivity contribution in [2.24, 2.45) is 0 Å². The Kier molecular flexibility index (Phi) is 35.8.